The van der Waals surface area contributed by atoms with Crippen LogP contribution in [0.3, 0.4) is 0 Å². The lowest BCUT2D eigenvalue weighted by Gasteiger charge is -2.45. The third-order valence-corrected chi connectivity index (χ3v) is 7.07. The number of β-amino-alcohol motifs (C(OH)–C–C–N with tert-alkyl or cyclic N) is 1. The van der Waals surface area contributed by atoms with Gasteiger partial charge in [-0.1, -0.05) is 54.1 Å². The summed E-state index contributed by atoms with van der Waals surface area (Å²) in [5.41, 5.74) is 2.32. The Morgan fingerprint density at radius 2 is 1.84 bits per heavy atom. The number of carbonyl (C=O) groups excluding carboxylic acids is 1. The number of aliphatic hydroxyl groups is 2. The van der Waals surface area contributed by atoms with Gasteiger partial charge in [0.1, 0.15) is 12.4 Å². The number of ether oxygens (including phenoxy) is 1. The summed E-state index contributed by atoms with van der Waals surface area (Å²) in [5, 5.41) is 23.6. The van der Waals surface area contributed by atoms with Crippen LogP contribution < -0.4 is 15.0 Å². The molecule has 1 aliphatic rings. The van der Waals surface area contributed by atoms with E-state index in [2.05, 4.69) is 27.2 Å². The second-order valence-electron chi connectivity index (χ2n) is 9.47. The SMILES string of the molecule is CNC(=O)c1ccc(C(C)(O)CN2CCN(c3ccc(OCCO)cc3Cl)C(c3ccccc3)C2)cc1. The first-order chi connectivity index (χ1) is 17.8. The van der Waals surface area contributed by atoms with Gasteiger partial charge in [-0.05, 0) is 42.3 Å². The van der Waals surface area contributed by atoms with Crippen LogP contribution in [0.5, 0.6) is 5.75 Å². The second kappa shape index (κ2) is 12.0. The molecular weight excluding hydrogens is 490 g/mol. The van der Waals surface area contributed by atoms with E-state index in [1.54, 1.807) is 25.2 Å². The number of piperazine rings is 1. The number of nitrogens with zero attached hydrogens (tertiary/aromatic N) is 2. The predicted molar refractivity (Wildman–Crippen MR) is 146 cm³/mol. The highest BCUT2D eigenvalue weighted by atomic mass is 35.5. The summed E-state index contributed by atoms with van der Waals surface area (Å²) in [6, 6.07) is 23.1. The molecule has 2 atom stereocenters. The van der Waals surface area contributed by atoms with Gasteiger partial charge in [-0.3, -0.25) is 9.69 Å². The summed E-state index contributed by atoms with van der Waals surface area (Å²) < 4.78 is 5.52. The van der Waals surface area contributed by atoms with Gasteiger partial charge in [0, 0.05) is 44.9 Å². The topological polar surface area (TPSA) is 85.3 Å². The molecule has 1 aliphatic heterocycles. The van der Waals surface area contributed by atoms with E-state index in [-0.39, 0.29) is 25.2 Å². The molecule has 4 rings (SSSR count). The number of rotatable bonds is 9. The van der Waals surface area contributed by atoms with Crippen molar-refractivity contribution in [2.45, 2.75) is 18.6 Å². The molecule has 3 N–H and O–H groups in total. The van der Waals surface area contributed by atoms with E-state index >= 15 is 0 Å². The monoisotopic (exact) mass is 523 g/mol. The highest BCUT2D eigenvalue weighted by molar-refractivity contribution is 6.33. The average molecular weight is 524 g/mol. The van der Waals surface area contributed by atoms with Crippen LogP contribution in [0.25, 0.3) is 0 Å². The third-order valence-electron chi connectivity index (χ3n) is 6.76. The van der Waals surface area contributed by atoms with Crippen LogP contribution >= 0.6 is 11.6 Å². The van der Waals surface area contributed by atoms with Gasteiger partial charge in [0.15, 0.2) is 0 Å². The minimum atomic E-state index is -1.09. The summed E-state index contributed by atoms with van der Waals surface area (Å²) >= 11 is 6.70. The zero-order valence-corrected chi connectivity index (χ0v) is 22.0. The van der Waals surface area contributed by atoms with Gasteiger partial charge in [-0.2, -0.15) is 0 Å². The number of carbonyl (C=O) groups is 1. The summed E-state index contributed by atoms with van der Waals surface area (Å²) in [6.07, 6.45) is 0. The zero-order valence-electron chi connectivity index (χ0n) is 21.2. The van der Waals surface area contributed by atoms with E-state index in [4.69, 9.17) is 21.4 Å². The molecule has 3 aromatic rings. The number of amides is 1. The van der Waals surface area contributed by atoms with Crippen molar-refractivity contribution in [1.29, 1.82) is 0 Å². The van der Waals surface area contributed by atoms with Crippen molar-refractivity contribution >= 4 is 23.2 Å². The summed E-state index contributed by atoms with van der Waals surface area (Å²) in [5.74, 6) is 0.468. The molecular formula is C29H34ClN3O4. The number of hydrogen-bond acceptors (Lipinski definition) is 6. The minimum absolute atomic E-state index is 0.0306. The van der Waals surface area contributed by atoms with E-state index in [0.717, 1.165) is 24.3 Å². The van der Waals surface area contributed by atoms with Crippen molar-refractivity contribution < 1.29 is 19.7 Å². The highest BCUT2D eigenvalue weighted by Crippen LogP contribution is 2.37. The molecule has 0 spiro atoms. The molecule has 0 bridgehead atoms. The predicted octanol–water partition coefficient (Wildman–Crippen LogP) is 3.84. The van der Waals surface area contributed by atoms with Crippen molar-refractivity contribution in [2.24, 2.45) is 0 Å². The molecule has 1 heterocycles. The van der Waals surface area contributed by atoms with Crippen LogP contribution in [0.2, 0.25) is 5.02 Å². The van der Waals surface area contributed by atoms with Crippen LogP contribution in [0.1, 0.15) is 34.5 Å². The number of hydrogen-bond donors (Lipinski definition) is 3. The van der Waals surface area contributed by atoms with Gasteiger partial charge in [-0.15, -0.1) is 0 Å². The van der Waals surface area contributed by atoms with Crippen molar-refractivity contribution in [1.82, 2.24) is 10.2 Å². The van der Waals surface area contributed by atoms with Gasteiger partial charge >= 0.3 is 0 Å². The number of aliphatic hydroxyl groups excluding tert-OH is 1. The quantitative estimate of drug-likeness (QED) is 0.395. The average Bonchev–Trinajstić information content (AvgIpc) is 2.92. The van der Waals surface area contributed by atoms with Gasteiger partial charge in [0.2, 0.25) is 0 Å². The number of benzene rings is 3. The largest absolute Gasteiger partial charge is 0.491 e. The fourth-order valence-electron chi connectivity index (χ4n) is 4.86. The van der Waals surface area contributed by atoms with Gasteiger partial charge in [-0.25, -0.2) is 0 Å². The van der Waals surface area contributed by atoms with Crippen LogP contribution in [0.4, 0.5) is 5.69 Å². The van der Waals surface area contributed by atoms with Crippen molar-refractivity contribution in [3.8, 4) is 5.75 Å². The lowest BCUT2D eigenvalue weighted by Crippen LogP contribution is -2.52. The van der Waals surface area contributed by atoms with Crippen molar-refractivity contribution in [3.05, 3.63) is 94.5 Å². The minimum Gasteiger partial charge on any atom is -0.491 e. The maximum atomic E-state index is 11.9. The second-order valence-corrected chi connectivity index (χ2v) is 9.88. The molecule has 0 aliphatic carbocycles. The molecule has 0 radical (unpaired) electrons. The summed E-state index contributed by atoms with van der Waals surface area (Å²) in [7, 11) is 1.60. The Hall–Kier alpha value is -3.10. The molecule has 0 aromatic heterocycles. The van der Waals surface area contributed by atoms with Crippen molar-refractivity contribution in [2.75, 3.05) is 51.3 Å². The smallest absolute Gasteiger partial charge is 0.251 e. The maximum Gasteiger partial charge on any atom is 0.251 e. The molecule has 1 amide bonds. The normalized spacial score (nSPS) is 17.8. The van der Waals surface area contributed by atoms with Crippen LogP contribution in [-0.2, 0) is 5.60 Å². The lowest BCUT2D eigenvalue weighted by molar-refractivity contribution is 0.0103. The Morgan fingerprint density at radius 3 is 2.49 bits per heavy atom. The lowest BCUT2D eigenvalue weighted by atomic mass is 9.93. The van der Waals surface area contributed by atoms with E-state index in [1.165, 1.54) is 5.56 Å². The van der Waals surface area contributed by atoms with Gasteiger partial charge in [0.25, 0.3) is 5.91 Å². The Kier molecular flexibility index (Phi) is 8.71. The fourth-order valence-corrected chi connectivity index (χ4v) is 5.14. The van der Waals surface area contributed by atoms with Crippen LogP contribution in [0, 0.1) is 0 Å². The summed E-state index contributed by atoms with van der Waals surface area (Å²) in [4.78, 5) is 16.5. The number of halogens is 1. The Morgan fingerprint density at radius 1 is 1.11 bits per heavy atom. The molecule has 2 unspecified atom stereocenters. The molecule has 1 fully saturated rings. The third kappa shape index (κ3) is 6.43. The maximum absolute atomic E-state index is 11.9. The van der Waals surface area contributed by atoms with E-state index in [9.17, 15) is 9.90 Å². The number of nitrogens with one attached hydrogen (secondary N) is 1. The molecule has 7 nitrogen and oxygen atoms in total. The molecule has 0 saturated carbocycles. The van der Waals surface area contributed by atoms with E-state index < -0.39 is 5.60 Å². The van der Waals surface area contributed by atoms with Gasteiger partial charge < -0.3 is 25.2 Å². The highest BCUT2D eigenvalue weighted by Gasteiger charge is 2.34. The van der Waals surface area contributed by atoms with E-state index in [1.807, 2.05) is 49.4 Å². The molecule has 196 valence electrons. The Balaban J connectivity index is 1.54. The first kappa shape index (κ1) is 26.9. The molecule has 37 heavy (non-hydrogen) atoms. The van der Waals surface area contributed by atoms with Crippen LogP contribution in [0.15, 0.2) is 72.8 Å². The number of anilines is 1. The standard InChI is InChI=1S/C29H34ClN3O4/c1-29(36,23-10-8-22(9-11-23)28(35)31-2)20-32-14-15-33(27(19-32)21-6-4-3-5-7-21)26-13-12-24(18-25(26)30)37-17-16-34/h3-13,18,27,34,36H,14-17,19-20H2,1-2H3,(H,31,35). The van der Waals surface area contributed by atoms with Crippen LogP contribution in [-0.4, -0.2) is 67.5 Å². The zero-order chi connectivity index (χ0) is 26.4. The molecule has 8 heteroatoms. The summed E-state index contributed by atoms with van der Waals surface area (Å²) in [6.45, 7) is 4.60. The van der Waals surface area contributed by atoms with E-state index in [0.29, 0.717) is 29.4 Å². The molecule has 3 aromatic carbocycles. The molecule has 1 saturated heterocycles. The first-order valence-corrected chi connectivity index (χ1v) is 12.8. The Labute approximate surface area is 223 Å². The fraction of sp³-hybridized carbons (Fsp3) is 0.345. The Bertz CT molecular complexity index is 1190. The first-order valence-electron chi connectivity index (χ1n) is 12.4. The van der Waals surface area contributed by atoms with Crippen molar-refractivity contribution in [3.63, 3.8) is 0 Å². The van der Waals surface area contributed by atoms with Gasteiger partial charge in [0.05, 0.1) is 29.0 Å².